The molecular weight excluding hydrogens is 499 g/mol. The van der Waals surface area contributed by atoms with Crippen molar-refractivity contribution in [1.29, 1.82) is 0 Å². The summed E-state index contributed by atoms with van der Waals surface area (Å²) in [5, 5.41) is 0.573. The number of rotatable bonds is 6. The van der Waals surface area contributed by atoms with Crippen LogP contribution in [-0.4, -0.2) is 28.5 Å². The maximum Gasteiger partial charge on any atom is 0.348 e. The van der Waals surface area contributed by atoms with Crippen LogP contribution in [0.15, 0.2) is 48.5 Å². The van der Waals surface area contributed by atoms with Gasteiger partial charge in [0.1, 0.15) is 0 Å². The summed E-state index contributed by atoms with van der Waals surface area (Å²) in [4.78, 5) is 0. The Labute approximate surface area is 198 Å². The van der Waals surface area contributed by atoms with Crippen LogP contribution in [0.1, 0.15) is 11.1 Å². The Morgan fingerprint density at radius 3 is 1.03 bits per heavy atom. The van der Waals surface area contributed by atoms with E-state index in [1.807, 2.05) is 0 Å². The van der Waals surface area contributed by atoms with Gasteiger partial charge in [-0.15, -0.1) is 0 Å². The number of halogens is 6. The summed E-state index contributed by atoms with van der Waals surface area (Å²) >= 11 is 12.0. The number of hydrogen-bond donors (Lipinski definition) is 0. The quantitative estimate of drug-likeness (QED) is 0.281. The van der Waals surface area contributed by atoms with E-state index < -0.39 is 39.7 Å². The third kappa shape index (κ3) is 3.67. The van der Waals surface area contributed by atoms with E-state index in [0.717, 1.165) is 0 Å². The molecule has 1 aliphatic carbocycles. The van der Waals surface area contributed by atoms with Gasteiger partial charge in [0.25, 0.3) is 0 Å². The van der Waals surface area contributed by atoms with Crippen LogP contribution >= 0.6 is 23.2 Å². The summed E-state index contributed by atoms with van der Waals surface area (Å²) in [6.45, 7) is 10.1. The molecule has 0 radical (unpaired) electrons. The molecule has 2 atom stereocenters. The molecule has 0 N–H and O–H groups in total. The molecule has 0 saturated heterocycles. The van der Waals surface area contributed by atoms with Gasteiger partial charge in [-0.2, -0.15) is 17.6 Å². The minimum atomic E-state index is -4.56. The fraction of sp³-hybridized carbons (Fsp3) is 0.455. The molecular formula is C22H26Cl2F4O2Si2. The van der Waals surface area contributed by atoms with Gasteiger partial charge in [0.05, 0.1) is 0 Å². The molecule has 2 aromatic rings. The Morgan fingerprint density at radius 2 is 0.812 bits per heavy atom. The Balaban J connectivity index is 2.48. The van der Waals surface area contributed by atoms with Gasteiger partial charge in [0.2, 0.25) is 0 Å². The fourth-order valence-corrected chi connectivity index (χ4v) is 7.14. The van der Waals surface area contributed by atoms with Crippen molar-refractivity contribution in [3.8, 4) is 0 Å². The van der Waals surface area contributed by atoms with E-state index in [1.54, 1.807) is 39.3 Å². The Bertz CT molecular complexity index is 907. The second kappa shape index (κ2) is 7.81. The van der Waals surface area contributed by atoms with Gasteiger partial charge in [0.15, 0.2) is 27.8 Å². The van der Waals surface area contributed by atoms with Crippen LogP contribution in [0.3, 0.4) is 0 Å². The predicted molar refractivity (Wildman–Crippen MR) is 125 cm³/mol. The molecule has 1 fully saturated rings. The number of hydrogen-bond acceptors (Lipinski definition) is 2. The van der Waals surface area contributed by atoms with Crippen molar-refractivity contribution >= 4 is 39.8 Å². The van der Waals surface area contributed by atoms with Crippen molar-refractivity contribution in [3.63, 3.8) is 0 Å². The highest BCUT2D eigenvalue weighted by Gasteiger charge is 2.97. The van der Waals surface area contributed by atoms with Crippen molar-refractivity contribution in [2.45, 2.75) is 62.3 Å². The zero-order valence-corrected chi connectivity index (χ0v) is 22.2. The maximum absolute atomic E-state index is 15.8. The fourth-order valence-electron chi connectivity index (χ4n) is 4.27. The first-order chi connectivity index (χ1) is 14.4. The summed E-state index contributed by atoms with van der Waals surface area (Å²) in [6, 6.07) is 10.8. The number of alkyl halides is 4. The zero-order valence-electron chi connectivity index (χ0n) is 18.7. The molecule has 0 amide bonds. The summed E-state index contributed by atoms with van der Waals surface area (Å²) in [6.07, 6.45) is 0. The van der Waals surface area contributed by atoms with E-state index in [2.05, 4.69) is 0 Å². The van der Waals surface area contributed by atoms with Crippen molar-refractivity contribution in [2.75, 3.05) is 0 Å². The van der Waals surface area contributed by atoms with Crippen LogP contribution in [0.2, 0.25) is 49.3 Å². The highest BCUT2D eigenvalue weighted by Crippen LogP contribution is 2.76. The number of benzene rings is 2. The van der Waals surface area contributed by atoms with Gasteiger partial charge >= 0.3 is 11.8 Å². The second-order valence-electron chi connectivity index (χ2n) is 9.95. The monoisotopic (exact) mass is 524 g/mol. The molecule has 0 unspecified atom stereocenters. The van der Waals surface area contributed by atoms with E-state index >= 15 is 17.6 Å². The Hall–Kier alpha value is -0.906. The summed E-state index contributed by atoms with van der Waals surface area (Å²) in [7, 11) is -5.71. The van der Waals surface area contributed by atoms with Crippen molar-refractivity contribution in [3.05, 3.63) is 69.7 Å². The zero-order chi connectivity index (χ0) is 24.4. The van der Waals surface area contributed by atoms with Gasteiger partial charge in [-0.3, -0.25) is 0 Å². The van der Waals surface area contributed by atoms with Gasteiger partial charge < -0.3 is 8.85 Å². The summed E-state index contributed by atoms with van der Waals surface area (Å²) in [5.41, 5.74) is -5.78. The van der Waals surface area contributed by atoms with Gasteiger partial charge in [-0.1, -0.05) is 47.5 Å². The first kappa shape index (κ1) is 25.7. The molecule has 10 heteroatoms. The van der Waals surface area contributed by atoms with Gasteiger partial charge in [0, 0.05) is 10.0 Å². The van der Waals surface area contributed by atoms with Crippen molar-refractivity contribution < 1.29 is 26.4 Å². The summed E-state index contributed by atoms with van der Waals surface area (Å²) in [5.74, 6) is -9.12. The second-order valence-corrected chi connectivity index (χ2v) is 19.7. The normalized spacial score (nSPS) is 27.1. The molecule has 0 aromatic heterocycles. The van der Waals surface area contributed by atoms with Gasteiger partial charge in [-0.25, -0.2) is 0 Å². The first-order valence-electron chi connectivity index (χ1n) is 10.1. The average molecular weight is 526 g/mol. The molecule has 3 rings (SSSR count). The third-order valence-corrected chi connectivity index (χ3v) is 7.54. The molecule has 1 aliphatic rings. The van der Waals surface area contributed by atoms with Crippen LogP contribution < -0.4 is 0 Å². The van der Waals surface area contributed by atoms with E-state index in [1.165, 1.54) is 48.5 Å². The Morgan fingerprint density at radius 1 is 0.562 bits per heavy atom. The van der Waals surface area contributed by atoms with E-state index in [0.29, 0.717) is 0 Å². The third-order valence-electron chi connectivity index (χ3n) is 5.19. The topological polar surface area (TPSA) is 18.5 Å². The molecule has 2 aromatic carbocycles. The summed E-state index contributed by atoms with van der Waals surface area (Å²) < 4.78 is 75.5. The molecule has 176 valence electrons. The standard InChI is InChI=1S/C22H26Cl2F4O2Si2/c1-31(2,3)29-19(15-7-11-17(23)12-8-15)20(30-32(4,5)6,22(27,28)21(19,25)26)16-9-13-18(24)14-10-16/h7-14H,1-6H3/t19-,20+. The van der Waals surface area contributed by atoms with E-state index in [9.17, 15) is 0 Å². The van der Waals surface area contributed by atoms with Crippen LogP contribution in [0, 0.1) is 0 Å². The van der Waals surface area contributed by atoms with Gasteiger partial charge in [-0.05, 0) is 74.7 Å². The lowest BCUT2D eigenvalue weighted by Gasteiger charge is -2.68. The molecule has 0 bridgehead atoms. The van der Waals surface area contributed by atoms with Crippen LogP contribution in [0.5, 0.6) is 0 Å². The lowest BCUT2D eigenvalue weighted by atomic mass is 9.53. The highest BCUT2D eigenvalue weighted by atomic mass is 35.5. The molecule has 2 nitrogen and oxygen atoms in total. The van der Waals surface area contributed by atoms with E-state index in [-0.39, 0.29) is 21.2 Å². The largest absolute Gasteiger partial charge is 0.400 e. The lowest BCUT2D eigenvalue weighted by molar-refractivity contribution is -0.478. The molecule has 1 saturated carbocycles. The smallest absolute Gasteiger partial charge is 0.348 e. The first-order valence-corrected chi connectivity index (χ1v) is 17.7. The lowest BCUT2D eigenvalue weighted by Crippen LogP contribution is -2.88. The minimum absolute atomic E-state index is 0.117. The molecule has 32 heavy (non-hydrogen) atoms. The van der Waals surface area contributed by atoms with Crippen LogP contribution in [-0.2, 0) is 20.1 Å². The maximum atomic E-state index is 15.8. The van der Waals surface area contributed by atoms with Crippen molar-refractivity contribution in [1.82, 2.24) is 0 Å². The molecule has 0 heterocycles. The minimum Gasteiger partial charge on any atom is -0.400 e. The predicted octanol–water partition coefficient (Wildman–Crippen LogP) is 8.07. The van der Waals surface area contributed by atoms with Crippen LogP contribution in [0.25, 0.3) is 0 Å². The van der Waals surface area contributed by atoms with E-state index in [4.69, 9.17) is 32.1 Å². The molecule has 0 spiro atoms. The average Bonchev–Trinajstić information content (AvgIpc) is 2.63. The van der Waals surface area contributed by atoms with Crippen molar-refractivity contribution in [2.24, 2.45) is 0 Å². The SMILES string of the molecule is C[Si](C)(C)O[C@]1(c2ccc(Cl)cc2)C(F)(F)C(F)(F)[C@@]1(O[Si](C)(C)C)c1ccc(Cl)cc1. The van der Waals surface area contributed by atoms with Crippen LogP contribution in [0.4, 0.5) is 17.6 Å². The Kier molecular flexibility index (Phi) is 6.28. The molecule has 0 aliphatic heterocycles. The highest BCUT2D eigenvalue weighted by molar-refractivity contribution is 6.70.